The lowest BCUT2D eigenvalue weighted by atomic mass is 10.1. The molecule has 1 aromatic rings. The minimum absolute atomic E-state index is 0.470. The van der Waals surface area contributed by atoms with Crippen LogP contribution in [0.25, 0.3) is 0 Å². The summed E-state index contributed by atoms with van der Waals surface area (Å²) in [5, 5.41) is 4.14. The largest absolute Gasteiger partial charge is 0.495 e. The van der Waals surface area contributed by atoms with E-state index >= 15 is 0 Å². The van der Waals surface area contributed by atoms with E-state index < -0.39 is 0 Å². The normalized spacial score (nSPS) is 19.7. The molecule has 1 aliphatic rings. The molecule has 2 rings (SSSR count). The third kappa shape index (κ3) is 2.98. The highest BCUT2D eigenvalue weighted by molar-refractivity contribution is 6.32. The molecule has 1 N–H and O–H groups in total. The lowest BCUT2D eigenvalue weighted by Crippen LogP contribution is -2.50. The van der Waals surface area contributed by atoms with Crippen molar-refractivity contribution in [1.29, 1.82) is 0 Å². The number of halogens is 1. The number of nitrogens with one attached hydrogen (secondary N) is 1. The van der Waals surface area contributed by atoms with E-state index in [1.165, 1.54) is 0 Å². The standard InChI is InChI=1S/C14H19ClN2O/c1-3-4-11-10-17(8-7-16-11)12-5-6-13(15)14(9-12)18-2/h3,5-6,9,11,16H,1,4,7-8,10H2,2H3. The number of hydrogen-bond donors (Lipinski definition) is 1. The number of ether oxygens (including phenoxy) is 1. The van der Waals surface area contributed by atoms with Gasteiger partial charge in [-0.05, 0) is 18.6 Å². The van der Waals surface area contributed by atoms with Crippen molar-refractivity contribution < 1.29 is 4.74 Å². The minimum Gasteiger partial charge on any atom is -0.495 e. The smallest absolute Gasteiger partial charge is 0.139 e. The van der Waals surface area contributed by atoms with Crippen LogP contribution in [0.4, 0.5) is 5.69 Å². The molecule has 3 nitrogen and oxygen atoms in total. The fraction of sp³-hybridized carbons (Fsp3) is 0.429. The van der Waals surface area contributed by atoms with Crippen LogP contribution >= 0.6 is 11.6 Å². The van der Waals surface area contributed by atoms with Gasteiger partial charge in [-0.2, -0.15) is 0 Å². The van der Waals surface area contributed by atoms with Crippen LogP contribution in [0.3, 0.4) is 0 Å². The number of anilines is 1. The molecule has 1 atom stereocenters. The van der Waals surface area contributed by atoms with Crippen LogP contribution in [0.15, 0.2) is 30.9 Å². The topological polar surface area (TPSA) is 24.5 Å². The van der Waals surface area contributed by atoms with Crippen molar-refractivity contribution in [3.63, 3.8) is 0 Å². The zero-order valence-corrected chi connectivity index (χ0v) is 11.4. The summed E-state index contributed by atoms with van der Waals surface area (Å²) >= 11 is 6.04. The monoisotopic (exact) mass is 266 g/mol. The molecule has 0 spiro atoms. The van der Waals surface area contributed by atoms with Gasteiger partial charge in [0.2, 0.25) is 0 Å². The first-order chi connectivity index (χ1) is 8.74. The van der Waals surface area contributed by atoms with Crippen molar-refractivity contribution in [1.82, 2.24) is 5.32 Å². The first kappa shape index (κ1) is 13.2. The van der Waals surface area contributed by atoms with Crippen molar-refractivity contribution in [3.8, 4) is 5.75 Å². The molecule has 1 fully saturated rings. The van der Waals surface area contributed by atoms with Crippen molar-refractivity contribution in [2.24, 2.45) is 0 Å². The Hall–Kier alpha value is -1.19. The van der Waals surface area contributed by atoms with Crippen molar-refractivity contribution in [2.45, 2.75) is 12.5 Å². The van der Waals surface area contributed by atoms with E-state index in [4.69, 9.17) is 16.3 Å². The van der Waals surface area contributed by atoms with Gasteiger partial charge in [0.05, 0.1) is 12.1 Å². The quantitative estimate of drug-likeness (QED) is 0.848. The Morgan fingerprint density at radius 1 is 1.61 bits per heavy atom. The summed E-state index contributed by atoms with van der Waals surface area (Å²) in [5.74, 6) is 0.730. The Morgan fingerprint density at radius 3 is 3.17 bits per heavy atom. The predicted octanol–water partition coefficient (Wildman–Crippen LogP) is 2.70. The fourth-order valence-corrected chi connectivity index (χ4v) is 2.46. The molecule has 1 aromatic carbocycles. The molecule has 1 unspecified atom stereocenters. The number of hydrogen-bond acceptors (Lipinski definition) is 3. The average Bonchev–Trinajstić information content (AvgIpc) is 2.40. The van der Waals surface area contributed by atoms with Crippen LogP contribution in [0.1, 0.15) is 6.42 Å². The van der Waals surface area contributed by atoms with Crippen LogP contribution in [0.5, 0.6) is 5.75 Å². The van der Waals surface area contributed by atoms with E-state index in [1.54, 1.807) is 7.11 Å². The van der Waals surface area contributed by atoms with Crippen molar-refractivity contribution in [2.75, 3.05) is 31.6 Å². The van der Waals surface area contributed by atoms with E-state index in [1.807, 2.05) is 24.3 Å². The maximum atomic E-state index is 6.04. The summed E-state index contributed by atoms with van der Waals surface area (Å²) < 4.78 is 5.26. The number of nitrogens with zero attached hydrogens (tertiary/aromatic N) is 1. The summed E-state index contributed by atoms with van der Waals surface area (Å²) in [5.41, 5.74) is 1.16. The first-order valence-corrected chi connectivity index (χ1v) is 6.55. The molecule has 1 heterocycles. The molecular formula is C14H19ClN2O. The molecular weight excluding hydrogens is 248 g/mol. The van der Waals surface area contributed by atoms with Gasteiger partial charge in [-0.25, -0.2) is 0 Å². The second-order valence-corrected chi connectivity index (χ2v) is 4.85. The van der Waals surface area contributed by atoms with Gasteiger partial charge >= 0.3 is 0 Å². The highest BCUT2D eigenvalue weighted by Crippen LogP contribution is 2.29. The maximum Gasteiger partial charge on any atom is 0.139 e. The van der Waals surface area contributed by atoms with E-state index in [-0.39, 0.29) is 0 Å². The van der Waals surface area contributed by atoms with Crippen LogP contribution in [0, 0.1) is 0 Å². The molecule has 0 bridgehead atoms. The zero-order chi connectivity index (χ0) is 13.0. The van der Waals surface area contributed by atoms with Crippen molar-refractivity contribution in [3.05, 3.63) is 35.9 Å². The molecule has 1 saturated heterocycles. The van der Waals surface area contributed by atoms with Gasteiger partial charge < -0.3 is 15.0 Å². The Morgan fingerprint density at radius 2 is 2.44 bits per heavy atom. The fourth-order valence-electron chi connectivity index (χ4n) is 2.26. The van der Waals surface area contributed by atoms with Gasteiger partial charge in [0.15, 0.2) is 0 Å². The lowest BCUT2D eigenvalue weighted by molar-refractivity contribution is 0.414. The third-order valence-corrected chi connectivity index (χ3v) is 3.52. The Bertz CT molecular complexity index is 422. The van der Waals surface area contributed by atoms with Gasteiger partial charge in [0.25, 0.3) is 0 Å². The molecule has 4 heteroatoms. The van der Waals surface area contributed by atoms with Crippen LogP contribution in [-0.4, -0.2) is 32.8 Å². The van der Waals surface area contributed by atoms with Gasteiger partial charge in [-0.15, -0.1) is 6.58 Å². The molecule has 18 heavy (non-hydrogen) atoms. The van der Waals surface area contributed by atoms with E-state index in [2.05, 4.69) is 16.8 Å². The van der Waals surface area contributed by atoms with Gasteiger partial charge in [0.1, 0.15) is 5.75 Å². The van der Waals surface area contributed by atoms with Gasteiger partial charge in [0, 0.05) is 37.4 Å². The molecule has 98 valence electrons. The second-order valence-electron chi connectivity index (χ2n) is 4.44. The van der Waals surface area contributed by atoms with E-state index in [0.29, 0.717) is 11.1 Å². The zero-order valence-electron chi connectivity index (χ0n) is 10.7. The Kier molecular flexibility index (Phi) is 4.50. The summed E-state index contributed by atoms with van der Waals surface area (Å²) in [6, 6.07) is 6.40. The number of benzene rings is 1. The second kappa shape index (κ2) is 6.12. The summed E-state index contributed by atoms with van der Waals surface area (Å²) in [6.07, 6.45) is 2.95. The van der Waals surface area contributed by atoms with Crippen molar-refractivity contribution >= 4 is 17.3 Å². The van der Waals surface area contributed by atoms with Gasteiger partial charge in [-0.1, -0.05) is 17.7 Å². The van der Waals surface area contributed by atoms with Gasteiger partial charge in [-0.3, -0.25) is 0 Å². The number of methoxy groups -OCH3 is 1. The molecule has 1 aliphatic heterocycles. The summed E-state index contributed by atoms with van der Waals surface area (Å²) in [4.78, 5) is 2.35. The maximum absolute atomic E-state index is 6.04. The SMILES string of the molecule is C=CCC1CN(c2ccc(Cl)c(OC)c2)CCN1. The predicted molar refractivity (Wildman–Crippen MR) is 76.8 cm³/mol. The number of rotatable bonds is 4. The molecule has 0 radical (unpaired) electrons. The van der Waals surface area contributed by atoms with Crippen LogP contribution < -0.4 is 15.0 Å². The third-order valence-electron chi connectivity index (χ3n) is 3.21. The first-order valence-electron chi connectivity index (χ1n) is 6.17. The van der Waals surface area contributed by atoms with E-state index in [9.17, 15) is 0 Å². The molecule has 0 aromatic heterocycles. The summed E-state index contributed by atoms with van der Waals surface area (Å²) in [7, 11) is 1.64. The lowest BCUT2D eigenvalue weighted by Gasteiger charge is -2.35. The molecule has 0 amide bonds. The highest BCUT2D eigenvalue weighted by Gasteiger charge is 2.19. The summed E-state index contributed by atoms with van der Waals surface area (Å²) in [6.45, 7) is 6.77. The molecule has 0 aliphatic carbocycles. The highest BCUT2D eigenvalue weighted by atomic mass is 35.5. The van der Waals surface area contributed by atoms with Crippen LogP contribution in [0.2, 0.25) is 5.02 Å². The minimum atomic E-state index is 0.470. The Balaban J connectivity index is 2.12. The Labute approximate surface area is 113 Å². The van der Waals surface area contributed by atoms with Crippen LogP contribution in [-0.2, 0) is 0 Å². The number of piperazine rings is 1. The van der Waals surface area contributed by atoms with E-state index in [0.717, 1.165) is 37.5 Å². The molecule has 0 saturated carbocycles. The average molecular weight is 267 g/mol.